The molecule has 2 aromatic rings. The van der Waals surface area contributed by atoms with Crippen LogP contribution in [0.15, 0.2) is 12.5 Å². The van der Waals surface area contributed by atoms with Gasteiger partial charge in [0, 0.05) is 0 Å². The standard InChI is InChI=1S/C8H9N5O2/c1-4(8(14)15)12-6-5-2-11-13-7(5)10-3-9-6/h2-4H,1H3,(H,14,15)(H2,9,10,11,12,13)/t4-/m1/s1. The second-order valence-corrected chi connectivity index (χ2v) is 3.06. The van der Waals surface area contributed by atoms with Gasteiger partial charge in [0.05, 0.1) is 11.6 Å². The van der Waals surface area contributed by atoms with Gasteiger partial charge in [-0.2, -0.15) is 5.10 Å². The number of carboxylic acid groups (broad SMARTS) is 1. The number of hydrogen-bond donors (Lipinski definition) is 3. The highest BCUT2D eigenvalue weighted by molar-refractivity contribution is 5.87. The quantitative estimate of drug-likeness (QED) is 0.665. The molecular formula is C8H9N5O2. The van der Waals surface area contributed by atoms with Crippen molar-refractivity contribution in [2.75, 3.05) is 5.32 Å². The molecular weight excluding hydrogens is 198 g/mol. The first kappa shape index (κ1) is 9.38. The minimum atomic E-state index is -0.940. The average molecular weight is 207 g/mol. The van der Waals surface area contributed by atoms with E-state index in [0.29, 0.717) is 16.9 Å². The molecule has 7 heteroatoms. The zero-order valence-corrected chi connectivity index (χ0v) is 7.93. The predicted octanol–water partition coefficient (Wildman–Crippen LogP) is 0.238. The number of fused-ring (bicyclic) bond motifs is 1. The number of aromatic amines is 1. The van der Waals surface area contributed by atoms with Crippen molar-refractivity contribution in [2.24, 2.45) is 0 Å². The SMILES string of the molecule is C[C@@H](Nc1ncnc2[nH]ncc12)C(=O)O. The third kappa shape index (κ3) is 1.71. The molecule has 7 nitrogen and oxygen atoms in total. The molecule has 0 aliphatic heterocycles. The summed E-state index contributed by atoms with van der Waals surface area (Å²) in [6, 6.07) is -0.710. The van der Waals surface area contributed by atoms with Gasteiger partial charge in [-0.1, -0.05) is 0 Å². The van der Waals surface area contributed by atoms with E-state index in [9.17, 15) is 4.79 Å². The van der Waals surface area contributed by atoms with Gasteiger partial charge in [0.15, 0.2) is 5.65 Å². The van der Waals surface area contributed by atoms with Crippen molar-refractivity contribution in [3.8, 4) is 0 Å². The summed E-state index contributed by atoms with van der Waals surface area (Å²) >= 11 is 0. The number of aromatic nitrogens is 4. The van der Waals surface area contributed by atoms with E-state index >= 15 is 0 Å². The van der Waals surface area contributed by atoms with Gasteiger partial charge in [0.1, 0.15) is 18.2 Å². The lowest BCUT2D eigenvalue weighted by Crippen LogP contribution is -2.25. The first-order valence-corrected chi connectivity index (χ1v) is 4.32. The molecule has 0 amide bonds. The van der Waals surface area contributed by atoms with Crippen molar-refractivity contribution in [1.29, 1.82) is 0 Å². The van der Waals surface area contributed by atoms with Crippen LogP contribution in [0.25, 0.3) is 11.0 Å². The second-order valence-electron chi connectivity index (χ2n) is 3.06. The lowest BCUT2D eigenvalue weighted by Gasteiger charge is -2.09. The van der Waals surface area contributed by atoms with E-state index in [2.05, 4.69) is 25.5 Å². The zero-order valence-electron chi connectivity index (χ0n) is 7.93. The predicted molar refractivity (Wildman–Crippen MR) is 52.4 cm³/mol. The maximum absolute atomic E-state index is 10.6. The fourth-order valence-corrected chi connectivity index (χ4v) is 1.15. The van der Waals surface area contributed by atoms with E-state index in [1.165, 1.54) is 13.3 Å². The van der Waals surface area contributed by atoms with Crippen molar-refractivity contribution in [3.05, 3.63) is 12.5 Å². The van der Waals surface area contributed by atoms with Crippen LogP contribution in [-0.2, 0) is 4.79 Å². The van der Waals surface area contributed by atoms with Gasteiger partial charge in [-0.05, 0) is 6.92 Å². The summed E-state index contributed by atoms with van der Waals surface area (Å²) < 4.78 is 0. The average Bonchev–Trinajstić information content (AvgIpc) is 2.66. The molecule has 3 N–H and O–H groups in total. The molecule has 2 rings (SSSR count). The van der Waals surface area contributed by atoms with Crippen molar-refractivity contribution in [2.45, 2.75) is 13.0 Å². The number of aliphatic carboxylic acids is 1. The molecule has 0 spiro atoms. The van der Waals surface area contributed by atoms with Crippen LogP contribution in [0.4, 0.5) is 5.82 Å². The minimum absolute atomic E-state index is 0.462. The largest absolute Gasteiger partial charge is 0.480 e. The summed E-state index contributed by atoms with van der Waals surface area (Å²) in [7, 11) is 0. The molecule has 0 aromatic carbocycles. The van der Waals surface area contributed by atoms with Gasteiger partial charge < -0.3 is 10.4 Å². The third-order valence-electron chi connectivity index (χ3n) is 1.97. The Kier molecular flexibility index (Phi) is 2.20. The first-order chi connectivity index (χ1) is 7.18. The summed E-state index contributed by atoms with van der Waals surface area (Å²) in [5.74, 6) is -0.478. The molecule has 0 fully saturated rings. The Morgan fingerprint density at radius 2 is 2.40 bits per heavy atom. The molecule has 0 unspecified atom stereocenters. The molecule has 0 saturated carbocycles. The molecule has 78 valence electrons. The molecule has 1 atom stereocenters. The number of nitrogens with one attached hydrogen (secondary N) is 2. The number of carbonyl (C=O) groups is 1. The third-order valence-corrected chi connectivity index (χ3v) is 1.97. The Hall–Kier alpha value is -2.18. The molecule has 2 heterocycles. The number of H-pyrrole nitrogens is 1. The van der Waals surface area contributed by atoms with Crippen LogP contribution in [0.2, 0.25) is 0 Å². The number of hydrogen-bond acceptors (Lipinski definition) is 5. The van der Waals surface area contributed by atoms with Gasteiger partial charge in [0.2, 0.25) is 0 Å². The fourth-order valence-electron chi connectivity index (χ4n) is 1.15. The van der Waals surface area contributed by atoms with Crippen molar-refractivity contribution in [1.82, 2.24) is 20.2 Å². The topological polar surface area (TPSA) is 104 Å². The minimum Gasteiger partial charge on any atom is -0.480 e. The summed E-state index contributed by atoms with van der Waals surface area (Å²) in [4.78, 5) is 18.5. The van der Waals surface area contributed by atoms with E-state index in [-0.39, 0.29) is 0 Å². The van der Waals surface area contributed by atoms with Crippen LogP contribution < -0.4 is 5.32 Å². The highest BCUT2D eigenvalue weighted by Crippen LogP contribution is 2.16. The number of rotatable bonds is 3. The van der Waals surface area contributed by atoms with Crippen LogP contribution in [0.3, 0.4) is 0 Å². The summed E-state index contributed by atoms with van der Waals surface area (Å²) in [6.07, 6.45) is 2.89. The Morgan fingerprint density at radius 1 is 1.60 bits per heavy atom. The highest BCUT2D eigenvalue weighted by Gasteiger charge is 2.13. The monoisotopic (exact) mass is 207 g/mol. The Labute approximate surface area is 84.6 Å². The molecule has 0 saturated heterocycles. The summed E-state index contributed by atoms with van der Waals surface area (Å²) in [6.45, 7) is 1.54. The van der Waals surface area contributed by atoms with Crippen molar-refractivity contribution < 1.29 is 9.90 Å². The van der Waals surface area contributed by atoms with Crippen LogP contribution in [0.5, 0.6) is 0 Å². The normalized spacial score (nSPS) is 12.6. The Bertz CT molecular complexity index is 494. The van der Waals surface area contributed by atoms with Gasteiger partial charge in [-0.3, -0.25) is 9.89 Å². The smallest absolute Gasteiger partial charge is 0.325 e. The Morgan fingerprint density at radius 3 is 3.13 bits per heavy atom. The zero-order chi connectivity index (χ0) is 10.8. The Balaban J connectivity index is 2.35. The number of anilines is 1. The molecule has 15 heavy (non-hydrogen) atoms. The fraction of sp³-hybridized carbons (Fsp3) is 0.250. The van der Waals surface area contributed by atoms with Crippen LogP contribution in [0, 0.1) is 0 Å². The molecule has 0 aliphatic carbocycles. The van der Waals surface area contributed by atoms with Gasteiger partial charge in [0.25, 0.3) is 0 Å². The van der Waals surface area contributed by atoms with E-state index in [4.69, 9.17) is 5.11 Å². The summed E-state index contributed by atoms with van der Waals surface area (Å²) in [5, 5.41) is 18.6. The summed E-state index contributed by atoms with van der Waals surface area (Å²) in [5.41, 5.74) is 0.574. The van der Waals surface area contributed by atoms with Crippen LogP contribution >= 0.6 is 0 Å². The number of nitrogens with zero attached hydrogens (tertiary/aromatic N) is 3. The molecule has 0 radical (unpaired) electrons. The van der Waals surface area contributed by atoms with E-state index in [1.807, 2.05) is 0 Å². The second kappa shape index (κ2) is 3.52. The lowest BCUT2D eigenvalue weighted by molar-refractivity contribution is -0.137. The van der Waals surface area contributed by atoms with Crippen LogP contribution in [-0.4, -0.2) is 37.3 Å². The van der Waals surface area contributed by atoms with E-state index < -0.39 is 12.0 Å². The van der Waals surface area contributed by atoms with Crippen molar-refractivity contribution >= 4 is 22.8 Å². The molecule has 0 bridgehead atoms. The van der Waals surface area contributed by atoms with Gasteiger partial charge in [-0.15, -0.1) is 0 Å². The van der Waals surface area contributed by atoms with Gasteiger partial charge >= 0.3 is 5.97 Å². The number of carboxylic acids is 1. The van der Waals surface area contributed by atoms with Crippen molar-refractivity contribution in [3.63, 3.8) is 0 Å². The maximum atomic E-state index is 10.6. The molecule has 0 aliphatic rings. The maximum Gasteiger partial charge on any atom is 0.325 e. The first-order valence-electron chi connectivity index (χ1n) is 4.32. The molecule has 2 aromatic heterocycles. The van der Waals surface area contributed by atoms with Crippen LogP contribution in [0.1, 0.15) is 6.92 Å². The van der Waals surface area contributed by atoms with E-state index in [0.717, 1.165) is 0 Å². The van der Waals surface area contributed by atoms with E-state index in [1.54, 1.807) is 6.20 Å². The highest BCUT2D eigenvalue weighted by atomic mass is 16.4. The lowest BCUT2D eigenvalue weighted by atomic mass is 10.3. The van der Waals surface area contributed by atoms with Gasteiger partial charge in [-0.25, -0.2) is 9.97 Å².